The van der Waals surface area contributed by atoms with E-state index in [1.165, 1.54) is 0 Å². The van der Waals surface area contributed by atoms with Crippen LogP contribution in [0.3, 0.4) is 0 Å². The summed E-state index contributed by atoms with van der Waals surface area (Å²) < 4.78 is 11.1. The Labute approximate surface area is 188 Å². The number of nitrogens with one attached hydrogen (secondary N) is 1. The first-order valence-electron chi connectivity index (χ1n) is 11.2. The van der Waals surface area contributed by atoms with Crippen LogP contribution in [0, 0.1) is 5.92 Å². The van der Waals surface area contributed by atoms with Crippen molar-refractivity contribution in [3.8, 4) is 11.5 Å². The third-order valence-electron chi connectivity index (χ3n) is 5.77. The van der Waals surface area contributed by atoms with Gasteiger partial charge in [-0.25, -0.2) is 4.79 Å². The van der Waals surface area contributed by atoms with Crippen LogP contribution in [-0.4, -0.2) is 59.1 Å². The summed E-state index contributed by atoms with van der Waals surface area (Å²) in [6, 6.07) is 9.04. The van der Waals surface area contributed by atoms with Crippen LogP contribution in [0.15, 0.2) is 42.7 Å². The van der Waals surface area contributed by atoms with E-state index in [0.29, 0.717) is 50.0 Å². The van der Waals surface area contributed by atoms with Gasteiger partial charge in [0.25, 0.3) is 0 Å². The van der Waals surface area contributed by atoms with E-state index in [1.54, 1.807) is 29.4 Å². The Kier molecular flexibility index (Phi) is 6.78. The molecule has 8 heteroatoms. The van der Waals surface area contributed by atoms with Crippen molar-refractivity contribution in [1.82, 2.24) is 14.8 Å². The molecule has 0 saturated carbocycles. The third-order valence-corrected chi connectivity index (χ3v) is 5.77. The molecule has 2 aromatic rings. The maximum absolute atomic E-state index is 13.0. The van der Waals surface area contributed by atoms with E-state index >= 15 is 0 Å². The number of piperidine rings is 1. The predicted molar refractivity (Wildman–Crippen MR) is 121 cm³/mol. The van der Waals surface area contributed by atoms with E-state index < -0.39 is 0 Å². The van der Waals surface area contributed by atoms with Crippen LogP contribution in [0.4, 0.5) is 10.5 Å². The second-order valence-corrected chi connectivity index (χ2v) is 8.51. The van der Waals surface area contributed by atoms with Gasteiger partial charge in [0.05, 0.1) is 0 Å². The number of ether oxygens (including phenoxy) is 2. The normalized spacial score (nSPS) is 17.7. The molecule has 0 radical (unpaired) electrons. The number of benzene rings is 1. The Bertz CT molecular complexity index is 950. The molecule has 2 aliphatic rings. The average molecular weight is 439 g/mol. The minimum atomic E-state index is -0.176. The summed E-state index contributed by atoms with van der Waals surface area (Å²) in [5.41, 5.74) is 1.64. The number of likely N-dealkylation sites (tertiary alicyclic amines) is 1. The molecule has 8 nitrogen and oxygen atoms in total. The lowest BCUT2D eigenvalue weighted by atomic mass is 10.0. The predicted octanol–water partition coefficient (Wildman–Crippen LogP) is 3.53. The van der Waals surface area contributed by atoms with Crippen molar-refractivity contribution in [2.24, 2.45) is 5.92 Å². The van der Waals surface area contributed by atoms with Crippen LogP contribution in [0.1, 0.15) is 32.3 Å². The number of anilines is 1. The zero-order valence-electron chi connectivity index (χ0n) is 18.6. The summed E-state index contributed by atoms with van der Waals surface area (Å²) in [7, 11) is 0. The molecule has 1 N–H and O–H groups in total. The second-order valence-electron chi connectivity index (χ2n) is 8.51. The number of aromatic nitrogens is 1. The van der Waals surface area contributed by atoms with Gasteiger partial charge in [0.2, 0.25) is 5.91 Å². The van der Waals surface area contributed by atoms with Gasteiger partial charge in [-0.1, -0.05) is 19.9 Å². The smallest absolute Gasteiger partial charge is 0.321 e. The van der Waals surface area contributed by atoms with Gasteiger partial charge in [0, 0.05) is 55.7 Å². The number of urea groups is 1. The van der Waals surface area contributed by atoms with E-state index in [9.17, 15) is 9.59 Å². The fraction of sp³-hybridized carbons (Fsp3) is 0.458. The molecule has 0 bridgehead atoms. The zero-order valence-corrected chi connectivity index (χ0v) is 18.6. The molecule has 1 saturated heterocycles. The summed E-state index contributed by atoms with van der Waals surface area (Å²) in [6.45, 7) is 6.49. The second kappa shape index (κ2) is 9.89. The number of amides is 3. The highest BCUT2D eigenvalue weighted by Gasteiger charge is 2.32. The molecule has 3 heterocycles. The molecule has 32 heavy (non-hydrogen) atoms. The molecular weight excluding hydrogens is 408 g/mol. The van der Waals surface area contributed by atoms with Crippen molar-refractivity contribution in [1.29, 1.82) is 0 Å². The third kappa shape index (κ3) is 5.12. The molecule has 3 amide bonds. The largest absolute Gasteiger partial charge is 0.486 e. The molecule has 1 atom stereocenters. The number of pyridine rings is 1. The zero-order chi connectivity index (χ0) is 22.5. The molecule has 0 spiro atoms. The number of carbonyl (C=O) groups is 2. The summed E-state index contributed by atoms with van der Waals surface area (Å²) in [6.07, 6.45) is 5.22. The number of nitrogens with zero attached hydrogens (tertiary/aromatic N) is 3. The quantitative estimate of drug-likeness (QED) is 0.772. The maximum Gasteiger partial charge on any atom is 0.321 e. The van der Waals surface area contributed by atoms with Gasteiger partial charge < -0.3 is 24.6 Å². The Morgan fingerprint density at radius 3 is 2.78 bits per heavy atom. The summed E-state index contributed by atoms with van der Waals surface area (Å²) in [4.78, 5) is 33.9. The number of rotatable bonds is 5. The lowest BCUT2D eigenvalue weighted by Crippen LogP contribution is -2.53. The van der Waals surface area contributed by atoms with E-state index in [4.69, 9.17) is 9.47 Å². The van der Waals surface area contributed by atoms with E-state index in [0.717, 1.165) is 18.4 Å². The summed E-state index contributed by atoms with van der Waals surface area (Å²) >= 11 is 0. The first-order valence-corrected chi connectivity index (χ1v) is 11.2. The first kappa shape index (κ1) is 21.9. The van der Waals surface area contributed by atoms with Crippen molar-refractivity contribution in [2.45, 2.75) is 39.3 Å². The van der Waals surface area contributed by atoms with Gasteiger partial charge in [-0.05, 0) is 36.6 Å². The number of fused-ring (bicyclic) bond motifs is 1. The molecule has 1 aromatic carbocycles. The van der Waals surface area contributed by atoms with Gasteiger partial charge in [-0.15, -0.1) is 0 Å². The van der Waals surface area contributed by atoms with Crippen LogP contribution in [0.5, 0.6) is 11.5 Å². The van der Waals surface area contributed by atoms with Crippen molar-refractivity contribution in [3.05, 3.63) is 48.3 Å². The molecule has 170 valence electrons. The lowest BCUT2D eigenvalue weighted by Gasteiger charge is -2.40. The van der Waals surface area contributed by atoms with Crippen molar-refractivity contribution >= 4 is 17.6 Å². The Hall–Kier alpha value is -3.29. The molecule has 2 aliphatic heterocycles. The van der Waals surface area contributed by atoms with Gasteiger partial charge in [0.1, 0.15) is 13.2 Å². The molecule has 1 fully saturated rings. The van der Waals surface area contributed by atoms with Crippen LogP contribution >= 0.6 is 0 Å². The Morgan fingerprint density at radius 1 is 1.22 bits per heavy atom. The molecule has 0 aliphatic carbocycles. The first-order chi connectivity index (χ1) is 15.5. The fourth-order valence-electron chi connectivity index (χ4n) is 4.12. The van der Waals surface area contributed by atoms with Gasteiger partial charge in [0.15, 0.2) is 11.5 Å². The minimum absolute atomic E-state index is 0.0372. The van der Waals surface area contributed by atoms with Crippen molar-refractivity contribution in [3.63, 3.8) is 0 Å². The van der Waals surface area contributed by atoms with Crippen LogP contribution in [0.25, 0.3) is 0 Å². The Balaban J connectivity index is 1.44. The number of carbonyl (C=O) groups excluding carboxylic acids is 2. The minimum Gasteiger partial charge on any atom is -0.486 e. The van der Waals surface area contributed by atoms with E-state index in [1.807, 2.05) is 36.9 Å². The molecule has 1 aromatic heterocycles. The lowest BCUT2D eigenvalue weighted by molar-refractivity contribution is -0.138. The summed E-state index contributed by atoms with van der Waals surface area (Å²) in [5, 5.41) is 2.96. The summed E-state index contributed by atoms with van der Waals surface area (Å²) in [5.74, 6) is 1.29. The number of hydrogen-bond acceptors (Lipinski definition) is 5. The van der Waals surface area contributed by atoms with Crippen molar-refractivity contribution < 1.29 is 19.1 Å². The van der Waals surface area contributed by atoms with Crippen LogP contribution in [-0.2, 0) is 11.3 Å². The topological polar surface area (TPSA) is 84.0 Å². The van der Waals surface area contributed by atoms with Crippen LogP contribution < -0.4 is 14.8 Å². The maximum atomic E-state index is 13.0. The van der Waals surface area contributed by atoms with E-state index in [2.05, 4.69) is 10.3 Å². The molecular formula is C24H30N4O4. The Morgan fingerprint density at radius 2 is 2.03 bits per heavy atom. The monoisotopic (exact) mass is 438 g/mol. The fourth-order valence-corrected chi connectivity index (χ4v) is 4.12. The van der Waals surface area contributed by atoms with Gasteiger partial charge in [-0.3, -0.25) is 9.78 Å². The SMILES string of the molecule is CC(C)C(=O)N(Cc1cccnc1)C1CCCN(C(=O)Nc2ccc3c(c2)OCCO3)C1. The highest BCUT2D eigenvalue weighted by molar-refractivity contribution is 5.90. The standard InChI is InChI=1S/C24H30N4O4/c1-17(2)23(29)28(15-18-5-3-9-25-14-18)20-6-4-10-27(16-20)24(30)26-19-7-8-21-22(13-19)32-12-11-31-21/h3,5,7-9,13-14,17,20H,4,6,10-12,15-16H2,1-2H3,(H,26,30). The average Bonchev–Trinajstić information content (AvgIpc) is 2.82. The molecule has 4 rings (SSSR count). The van der Waals surface area contributed by atoms with Crippen molar-refractivity contribution in [2.75, 3.05) is 31.6 Å². The van der Waals surface area contributed by atoms with Gasteiger partial charge in [-0.2, -0.15) is 0 Å². The highest BCUT2D eigenvalue weighted by Crippen LogP contribution is 2.32. The molecule has 1 unspecified atom stereocenters. The van der Waals surface area contributed by atoms with Gasteiger partial charge >= 0.3 is 6.03 Å². The number of hydrogen-bond donors (Lipinski definition) is 1. The van der Waals surface area contributed by atoms with Crippen LogP contribution in [0.2, 0.25) is 0 Å². The highest BCUT2D eigenvalue weighted by atomic mass is 16.6. The van der Waals surface area contributed by atoms with E-state index in [-0.39, 0.29) is 23.9 Å².